The van der Waals surface area contributed by atoms with Crippen molar-refractivity contribution in [2.24, 2.45) is 0 Å². The maximum absolute atomic E-state index is 13.4. The molecule has 0 atom stereocenters. The summed E-state index contributed by atoms with van der Waals surface area (Å²) in [6.45, 7) is 1.38. The van der Waals surface area contributed by atoms with Gasteiger partial charge in [0.15, 0.2) is 0 Å². The Balaban J connectivity index is 2.22. The SMILES string of the molecule is CC(=O)Nc1cccc(NC(=O)c2cc(F)c(Cl)cc2Cl)c1. The van der Waals surface area contributed by atoms with Crippen molar-refractivity contribution in [3.8, 4) is 0 Å². The molecule has 0 aromatic heterocycles. The second-order valence-electron chi connectivity index (χ2n) is 4.46. The molecular weight excluding hydrogens is 330 g/mol. The van der Waals surface area contributed by atoms with Crippen LogP contribution in [0, 0.1) is 5.82 Å². The Labute approximate surface area is 136 Å². The Morgan fingerprint density at radius 2 is 1.64 bits per heavy atom. The van der Waals surface area contributed by atoms with Gasteiger partial charge in [0.25, 0.3) is 5.91 Å². The average Bonchev–Trinajstić information content (AvgIpc) is 2.42. The molecule has 4 nitrogen and oxygen atoms in total. The third-order valence-electron chi connectivity index (χ3n) is 2.70. The molecular formula is C15H11Cl2FN2O2. The van der Waals surface area contributed by atoms with Gasteiger partial charge in [0, 0.05) is 18.3 Å². The molecule has 0 spiro atoms. The van der Waals surface area contributed by atoms with Gasteiger partial charge >= 0.3 is 0 Å². The summed E-state index contributed by atoms with van der Waals surface area (Å²) in [7, 11) is 0. The maximum Gasteiger partial charge on any atom is 0.257 e. The molecule has 7 heteroatoms. The number of benzene rings is 2. The van der Waals surface area contributed by atoms with Gasteiger partial charge in [0.2, 0.25) is 5.91 Å². The van der Waals surface area contributed by atoms with Crippen LogP contribution in [0.25, 0.3) is 0 Å². The van der Waals surface area contributed by atoms with Crippen molar-refractivity contribution in [3.05, 3.63) is 57.8 Å². The van der Waals surface area contributed by atoms with Crippen LogP contribution in [0.15, 0.2) is 36.4 Å². The predicted octanol–water partition coefficient (Wildman–Crippen LogP) is 4.34. The molecule has 22 heavy (non-hydrogen) atoms. The molecule has 0 aliphatic rings. The van der Waals surface area contributed by atoms with Gasteiger partial charge in [-0.25, -0.2) is 4.39 Å². The molecule has 2 rings (SSSR count). The van der Waals surface area contributed by atoms with Crippen LogP contribution in [0.2, 0.25) is 10.0 Å². The first-order chi connectivity index (χ1) is 10.4. The smallest absolute Gasteiger partial charge is 0.257 e. The van der Waals surface area contributed by atoms with Crippen LogP contribution < -0.4 is 10.6 Å². The van der Waals surface area contributed by atoms with Gasteiger partial charge in [-0.2, -0.15) is 0 Å². The minimum absolute atomic E-state index is 0.0338. The van der Waals surface area contributed by atoms with Crippen molar-refractivity contribution in [3.63, 3.8) is 0 Å². The number of amides is 2. The number of carbonyl (C=O) groups excluding carboxylic acids is 2. The molecule has 0 unspecified atom stereocenters. The second-order valence-corrected chi connectivity index (χ2v) is 5.28. The number of carbonyl (C=O) groups is 2. The highest BCUT2D eigenvalue weighted by molar-refractivity contribution is 6.37. The Bertz CT molecular complexity index is 750. The number of anilines is 2. The Morgan fingerprint density at radius 1 is 1.00 bits per heavy atom. The van der Waals surface area contributed by atoms with Crippen LogP contribution in [-0.4, -0.2) is 11.8 Å². The first-order valence-corrected chi connectivity index (χ1v) is 6.96. The lowest BCUT2D eigenvalue weighted by Gasteiger charge is -2.09. The number of hydrogen-bond donors (Lipinski definition) is 2. The van der Waals surface area contributed by atoms with E-state index in [0.29, 0.717) is 11.4 Å². The van der Waals surface area contributed by atoms with Crippen molar-refractivity contribution in [1.82, 2.24) is 0 Å². The van der Waals surface area contributed by atoms with E-state index in [1.165, 1.54) is 13.0 Å². The zero-order valence-electron chi connectivity index (χ0n) is 11.4. The van der Waals surface area contributed by atoms with Crippen molar-refractivity contribution in [2.75, 3.05) is 10.6 Å². The number of halogens is 3. The molecule has 2 N–H and O–H groups in total. The van der Waals surface area contributed by atoms with E-state index in [9.17, 15) is 14.0 Å². The minimum Gasteiger partial charge on any atom is -0.326 e. The molecule has 0 saturated carbocycles. The fourth-order valence-electron chi connectivity index (χ4n) is 1.77. The minimum atomic E-state index is -0.733. The monoisotopic (exact) mass is 340 g/mol. The van der Waals surface area contributed by atoms with E-state index in [2.05, 4.69) is 10.6 Å². The van der Waals surface area contributed by atoms with Gasteiger partial charge < -0.3 is 10.6 Å². The largest absolute Gasteiger partial charge is 0.326 e. The topological polar surface area (TPSA) is 58.2 Å². The summed E-state index contributed by atoms with van der Waals surface area (Å²) in [5.41, 5.74) is 0.926. The molecule has 2 amide bonds. The van der Waals surface area contributed by atoms with Crippen molar-refractivity contribution in [1.29, 1.82) is 0 Å². The van der Waals surface area contributed by atoms with Crippen LogP contribution in [-0.2, 0) is 4.79 Å². The van der Waals surface area contributed by atoms with E-state index in [1.807, 2.05) is 0 Å². The second kappa shape index (κ2) is 6.77. The van der Waals surface area contributed by atoms with E-state index >= 15 is 0 Å². The Morgan fingerprint density at radius 3 is 2.27 bits per heavy atom. The van der Waals surface area contributed by atoms with Crippen LogP contribution in [0.3, 0.4) is 0 Å². The van der Waals surface area contributed by atoms with Gasteiger partial charge in [0.1, 0.15) is 5.82 Å². The summed E-state index contributed by atoms with van der Waals surface area (Å²) in [6, 6.07) is 8.67. The molecule has 114 valence electrons. The zero-order chi connectivity index (χ0) is 16.3. The summed E-state index contributed by atoms with van der Waals surface area (Å²) in [5, 5.41) is 5.05. The quantitative estimate of drug-likeness (QED) is 0.816. The van der Waals surface area contributed by atoms with E-state index in [0.717, 1.165) is 6.07 Å². The third-order valence-corrected chi connectivity index (χ3v) is 3.30. The van der Waals surface area contributed by atoms with Crippen LogP contribution >= 0.6 is 23.2 Å². The lowest BCUT2D eigenvalue weighted by Crippen LogP contribution is -2.13. The summed E-state index contributed by atoms with van der Waals surface area (Å²) in [4.78, 5) is 23.2. The first-order valence-electron chi connectivity index (χ1n) is 6.20. The number of nitrogens with one attached hydrogen (secondary N) is 2. The van der Waals surface area contributed by atoms with E-state index < -0.39 is 11.7 Å². The third kappa shape index (κ3) is 3.96. The summed E-state index contributed by atoms with van der Waals surface area (Å²) in [5.74, 6) is -1.55. The number of hydrogen-bond acceptors (Lipinski definition) is 2. The lowest BCUT2D eigenvalue weighted by atomic mass is 10.2. The normalized spacial score (nSPS) is 10.2. The van der Waals surface area contributed by atoms with Gasteiger partial charge in [-0.1, -0.05) is 29.3 Å². The highest BCUT2D eigenvalue weighted by Crippen LogP contribution is 2.25. The number of rotatable bonds is 3. The van der Waals surface area contributed by atoms with Crippen LogP contribution in [0.5, 0.6) is 0 Å². The van der Waals surface area contributed by atoms with Crippen molar-refractivity contribution < 1.29 is 14.0 Å². The van der Waals surface area contributed by atoms with Crippen LogP contribution in [0.4, 0.5) is 15.8 Å². The fraction of sp³-hybridized carbons (Fsp3) is 0.0667. The van der Waals surface area contributed by atoms with Gasteiger partial charge in [-0.15, -0.1) is 0 Å². The molecule has 0 heterocycles. The highest BCUT2D eigenvalue weighted by atomic mass is 35.5. The molecule has 2 aromatic rings. The standard InChI is InChI=1S/C15H11Cl2FN2O2/c1-8(21)19-9-3-2-4-10(5-9)20-15(22)11-6-14(18)13(17)7-12(11)16/h2-7H,1H3,(H,19,21)(H,20,22). The molecule has 0 fully saturated rings. The zero-order valence-corrected chi connectivity index (χ0v) is 12.9. The summed E-state index contributed by atoms with van der Waals surface area (Å²) >= 11 is 11.5. The Kier molecular flexibility index (Phi) is 5.00. The van der Waals surface area contributed by atoms with Crippen LogP contribution in [0.1, 0.15) is 17.3 Å². The van der Waals surface area contributed by atoms with Crippen molar-refractivity contribution >= 4 is 46.4 Å². The van der Waals surface area contributed by atoms with Gasteiger partial charge in [0.05, 0.1) is 15.6 Å². The Hall–Kier alpha value is -2.11. The molecule has 0 aliphatic heterocycles. The van der Waals surface area contributed by atoms with Crippen molar-refractivity contribution in [2.45, 2.75) is 6.92 Å². The van der Waals surface area contributed by atoms with Gasteiger partial charge in [-0.3, -0.25) is 9.59 Å². The highest BCUT2D eigenvalue weighted by Gasteiger charge is 2.14. The molecule has 2 aromatic carbocycles. The first kappa shape index (κ1) is 16.3. The molecule has 0 saturated heterocycles. The summed E-state index contributed by atoms with van der Waals surface area (Å²) < 4.78 is 13.4. The fourth-order valence-corrected chi connectivity index (χ4v) is 2.24. The maximum atomic E-state index is 13.4. The summed E-state index contributed by atoms with van der Waals surface area (Å²) in [6.07, 6.45) is 0. The van der Waals surface area contributed by atoms with Gasteiger partial charge in [-0.05, 0) is 30.3 Å². The predicted molar refractivity (Wildman–Crippen MR) is 85.1 cm³/mol. The van der Waals surface area contributed by atoms with E-state index in [4.69, 9.17) is 23.2 Å². The van der Waals surface area contributed by atoms with E-state index in [-0.39, 0.29) is 21.5 Å². The van der Waals surface area contributed by atoms with E-state index in [1.54, 1.807) is 24.3 Å². The molecule has 0 bridgehead atoms. The molecule has 0 radical (unpaired) electrons. The molecule has 0 aliphatic carbocycles. The lowest BCUT2D eigenvalue weighted by molar-refractivity contribution is -0.114. The average molecular weight is 341 g/mol.